The zero-order valence-electron chi connectivity index (χ0n) is 8.62. The second kappa shape index (κ2) is 6.12. The summed E-state index contributed by atoms with van der Waals surface area (Å²) in [7, 11) is 0. The Morgan fingerprint density at radius 3 is 2.21 bits per heavy atom. The Labute approximate surface area is 82.8 Å². The molecule has 0 spiro atoms. The Bertz CT molecular complexity index is 237. The average Bonchev–Trinajstić information content (AvgIpc) is 2.13. The Morgan fingerprint density at radius 2 is 1.86 bits per heavy atom. The predicted octanol–water partition coefficient (Wildman–Crippen LogP) is 0.0333. The van der Waals surface area contributed by atoms with E-state index in [1.807, 2.05) is 0 Å². The third kappa shape index (κ3) is 4.02. The number of amides is 1. The first-order chi connectivity index (χ1) is 6.52. The molecule has 0 fully saturated rings. The second-order valence-corrected chi connectivity index (χ2v) is 2.72. The Hall–Kier alpha value is -1.39. The lowest BCUT2D eigenvalue weighted by atomic mass is 10.2. The van der Waals surface area contributed by atoms with Crippen molar-refractivity contribution in [1.29, 1.82) is 0 Å². The van der Waals surface area contributed by atoms with E-state index < -0.39 is 17.8 Å². The number of carbonyl (C=O) groups excluding carboxylic acids is 3. The molecular weight excluding hydrogens is 186 g/mol. The average molecular weight is 201 g/mol. The van der Waals surface area contributed by atoms with Gasteiger partial charge in [0.15, 0.2) is 11.8 Å². The van der Waals surface area contributed by atoms with Gasteiger partial charge >= 0.3 is 5.97 Å². The van der Waals surface area contributed by atoms with Crippen LogP contribution in [0.25, 0.3) is 0 Å². The molecule has 1 N–H and O–H groups in total. The number of hydrogen-bond acceptors (Lipinski definition) is 4. The van der Waals surface area contributed by atoms with E-state index in [0.29, 0.717) is 0 Å². The van der Waals surface area contributed by atoms with Gasteiger partial charge in [0.2, 0.25) is 5.91 Å². The van der Waals surface area contributed by atoms with Gasteiger partial charge in [-0.25, -0.2) is 4.79 Å². The largest absolute Gasteiger partial charge is 0.464 e. The van der Waals surface area contributed by atoms with Crippen LogP contribution in [0.15, 0.2) is 0 Å². The summed E-state index contributed by atoms with van der Waals surface area (Å²) >= 11 is 0. The number of hydrogen-bond donors (Lipinski definition) is 1. The van der Waals surface area contributed by atoms with E-state index in [1.165, 1.54) is 6.92 Å². The van der Waals surface area contributed by atoms with E-state index in [0.717, 1.165) is 0 Å². The number of ether oxygens (including phenoxy) is 1. The standard InChI is InChI=1S/C9H15NO4/c1-4-7(12)10-8(6(3)11)9(13)14-5-2/h8H,4-5H2,1-3H3,(H,10,12)/t8-/m1/s1. The van der Waals surface area contributed by atoms with Gasteiger partial charge in [-0.1, -0.05) is 6.92 Å². The third-order valence-electron chi connectivity index (χ3n) is 1.56. The lowest BCUT2D eigenvalue weighted by Gasteiger charge is -2.13. The lowest BCUT2D eigenvalue weighted by Crippen LogP contribution is -2.46. The van der Waals surface area contributed by atoms with Gasteiger partial charge in [-0.2, -0.15) is 0 Å². The fourth-order valence-electron chi connectivity index (χ4n) is 0.815. The third-order valence-corrected chi connectivity index (χ3v) is 1.56. The van der Waals surface area contributed by atoms with Crippen molar-refractivity contribution in [3.8, 4) is 0 Å². The normalized spacial score (nSPS) is 11.6. The van der Waals surface area contributed by atoms with Gasteiger partial charge in [0.05, 0.1) is 6.61 Å². The molecule has 1 amide bonds. The number of Topliss-reactive ketones (excluding diaryl/α,β-unsaturated/α-hetero) is 1. The zero-order valence-corrected chi connectivity index (χ0v) is 8.62. The molecule has 0 saturated heterocycles. The van der Waals surface area contributed by atoms with Gasteiger partial charge < -0.3 is 10.1 Å². The van der Waals surface area contributed by atoms with Crippen LogP contribution in [0.4, 0.5) is 0 Å². The van der Waals surface area contributed by atoms with Crippen molar-refractivity contribution in [2.24, 2.45) is 0 Å². The molecule has 0 aliphatic heterocycles. The van der Waals surface area contributed by atoms with E-state index >= 15 is 0 Å². The van der Waals surface area contributed by atoms with Gasteiger partial charge in [0, 0.05) is 6.42 Å². The van der Waals surface area contributed by atoms with Crippen LogP contribution in [-0.2, 0) is 19.1 Å². The van der Waals surface area contributed by atoms with Crippen molar-refractivity contribution in [2.45, 2.75) is 33.2 Å². The Balaban J connectivity index is 4.36. The SMILES string of the molecule is CCOC(=O)[C@H](NC(=O)CC)C(C)=O. The molecule has 5 nitrogen and oxygen atoms in total. The van der Waals surface area contributed by atoms with Crippen molar-refractivity contribution >= 4 is 17.7 Å². The van der Waals surface area contributed by atoms with Crippen molar-refractivity contribution in [3.05, 3.63) is 0 Å². The van der Waals surface area contributed by atoms with Crippen LogP contribution in [0.3, 0.4) is 0 Å². The number of rotatable bonds is 5. The topological polar surface area (TPSA) is 72.5 Å². The van der Waals surface area contributed by atoms with Gasteiger partial charge in [-0.05, 0) is 13.8 Å². The quantitative estimate of drug-likeness (QED) is 0.503. The summed E-state index contributed by atoms with van der Waals surface area (Å²) in [6.07, 6.45) is 0.225. The molecule has 0 aliphatic carbocycles. The van der Waals surface area contributed by atoms with Crippen molar-refractivity contribution in [2.75, 3.05) is 6.61 Å². The summed E-state index contributed by atoms with van der Waals surface area (Å²) in [5.41, 5.74) is 0. The van der Waals surface area contributed by atoms with E-state index in [4.69, 9.17) is 0 Å². The van der Waals surface area contributed by atoms with Crippen molar-refractivity contribution in [3.63, 3.8) is 0 Å². The predicted molar refractivity (Wildman–Crippen MR) is 49.5 cm³/mol. The molecule has 5 heteroatoms. The number of nitrogens with one attached hydrogen (secondary N) is 1. The Kier molecular flexibility index (Phi) is 5.52. The molecule has 0 rings (SSSR count). The Morgan fingerprint density at radius 1 is 1.29 bits per heavy atom. The number of carbonyl (C=O) groups is 3. The molecular formula is C9H15NO4. The molecule has 1 atom stereocenters. The molecule has 0 bridgehead atoms. The summed E-state index contributed by atoms with van der Waals surface area (Å²) < 4.78 is 4.64. The monoisotopic (exact) mass is 201 g/mol. The molecule has 0 saturated carbocycles. The maximum atomic E-state index is 11.2. The van der Waals surface area contributed by atoms with Crippen LogP contribution in [0.5, 0.6) is 0 Å². The molecule has 0 unspecified atom stereocenters. The highest BCUT2D eigenvalue weighted by molar-refractivity contribution is 6.04. The van der Waals surface area contributed by atoms with Crippen LogP contribution in [0, 0.1) is 0 Å². The van der Waals surface area contributed by atoms with Crippen molar-refractivity contribution in [1.82, 2.24) is 5.32 Å². The van der Waals surface area contributed by atoms with Crippen molar-refractivity contribution < 1.29 is 19.1 Å². The van der Waals surface area contributed by atoms with E-state index in [1.54, 1.807) is 13.8 Å². The van der Waals surface area contributed by atoms with E-state index in [-0.39, 0.29) is 18.9 Å². The van der Waals surface area contributed by atoms with Crippen LogP contribution >= 0.6 is 0 Å². The molecule has 0 aliphatic rings. The van der Waals surface area contributed by atoms with Crippen LogP contribution in [0.2, 0.25) is 0 Å². The first kappa shape index (κ1) is 12.6. The minimum atomic E-state index is -1.16. The fourth-order valence-corrected chi connectivity index (χ4v) is 0.815. The van der Waals surface area contributed by atoms with E-state index in [9.17, 15) is 14.4 Å². The smallest absolute Gasteiger partial charge is 0.336 e. The molecule has 0 radical (unpaired) electrons. The van der Waals surface area contributed by atoms with Crippen LogP contribution < -0.4 is 5.32 Å². The zero-order chi connectivity index (χ0) is 11.1. The van der Waals surface area contributed by atoms with E-state index in [2.05, 4.69) is 10.1 Å². The summed E-state index contributed by atoms with van der Waals surface area (Å²) in [5.74, 6) is -1.48. The molecule has 0 aromatic rings. The number of ketones is 1. The summed E-state index contributed by atoms with van der Waals surface area (Å²) in [6.45, 7) is 4.69. The highest BCUT2D eigenvalue weighted by Crippen LogP contribution is 1.92. The summed E-state index contributed by atoms with van der Waals surface area (Å²) in [5, 5.41) is 2.29. The summed E-state index contributed by atoms with van der Waals surface area (Å²) in [4.78, 5) is 33.1. The highest BCUT2D eigenvalue weighted by atomic mass is 16.5. The first-order valence-corrected chi connectivity index (χ1v) is 4.49. The molecule has 14 heavy (non-hydrogen) atoms. The van der Waals surface area contributed by atoms with Gasteiger partial charge in [-0.3, -0.25) is 9.59 Å². The van der Waals surface area contributed by atoms with Gasteiger partial charge in [0.1, 0.15) is 0 Å². The van der Waals surface area contributed by atoms with Gasteiger partial charge in [-0.15, -0.1) is 0 Å². The minimum Gasteiger partial charge on any atom is -0.464 e. The maximum Gasteiger partial charge on any atom is 0.336 e. The highest BCUT2D eigenvalue weighted by Gasteiger charge is 2.25. The lowest BCUT2D eigenvalue weighted by molar-refractivity contribution is -0.150. The molecule has 0 aromatic heterocycles. The second-order valence-electron chi connectivity index (χ2n) is 2.72. The molecule has 0 aromatic carbocycles. The fraction of sp³-hybridized carbons (Fsp3) is 0.667. The minimum absolute atomic E-state index is 0.185. The molecule has 80 valence electrons. The summed E-state index contributed by atoms with van der Waals surface area (Å²) in [6, 6.07) is -1.16. The maximum absolute atomic E-state index is 11.2. The number of esters is 1. The first-order valence-electron chi connectivity index (χ1n) is 4.49. The van der Waals surface area contributed by atoms with Crippen LogP contribution in [-0.4, -0.2) is 30.3 Å². The van der Waals surface area contributed by atoms with Gasteiger partial charge in [0.25, 0.3) is 0 Å². The van der Waals surface area contributed by atoms with Crippen LogP contribution in [0.1, 0.15) is 27.2 Å². The molecule has 0 heterocycles.